The Morgan fingerprint density at radius 3 is 3.00 bits per heavy atom. The summed E-state index contributed by atoms with van der Waals surface area (Å²) in [6, 6.07) is 0. The minimum atomic E-state index is -0.567. The monoisotopic (exact) mass is 231 g/mol. The molecule has 1 heterocycles. The summed E-state index contributed by atoms with van der Waals surface area (Å²) < 4.78 is 4.91. The molecule has 0 fully saturated rings. The van der Waals surface area contributed by atoms with E-state index in [4.69, 9.17) is 0 Å². The summed E-state index contributed by atoms with van der Waals surface area (Å²) in [5.74, 6) is 0.344. The number of carbonyl (C=O) groups excluding carboxylic acids is 1. The standard InChI is InChI=1S/C6H6BrN3O2/c1-12-6(11)10-5-3-8-2-4(7)9-5/h2-3H,1H3,(H,9,10,11). The Morgan fingerprint density at radius 2 is 2.42 bits per heavy atom. The number of ether oxygens (including phenoxy) is 1. The van der Waals surface area contributed by atoms with Crippen molar-refractivity contribution in [2.24, 2.45) is 0 Å². The van der Waals surface area contributed by atoms with Gasteiger partial charge in [-0.25, -0.2) is 9.78 Å². The average molecular weight is 232 g/mol. The van der Waals surface area contributed by atoms with Crippen LogP contribution in [0.2, 0.25) is 0 Å². The van der Waals surface area contributed by atoms with Gasteiger partial charge in [-0.05, 0) is 15.9 Å². The first-order chi connectivity index (χ1) is 5.72. The number of anilines is 1. The Balaban J connectivity index is 2.69. The molecule has 12 heavy (non-hydrogen) atoms. The normalized spacial score (nSPS) is 9.17. The second-order valence-corrected chi connectivity index (χ2v) is 2.66. The molecule has 0 aliphatic heterocycles. The van der Waals surface area contributed by atoms with Crippen molar-refractivity contribution in [2.75, 3.05) is 12.4 Å². The fourth-order valence-corrected chi connectivity index (χ4v) is 0.867. The zero-order valence-corrected chi connectivity index (χ0v) is 7.83. The van der Waals surface area contributed by atoms with Crippen LogP contribution >= 0.6 is 15.9 Å². The second-order valence-electron chi connectivity index (χ2n) is 1.84. The van der Waals surface area contributed by atoms with E-state index in [0.717, 1.165) is 0 Å². The predicted molar refractivity (Wildman–Crippen MR) is 45.8 cm³/mol. The third-order valence-corrected chi connectivity index (χ3v) is 1.40. The first-order valence-corrected chi connectivity index (χ1v) is 3.84. The Morgan fingerprint density at radius 1 is 1.67 bits per heavy atom. The van der Waals surface area contributed by atoms with Crippen molar-refractivity contribution < 1.29 is 9.53 Å². The molecule has 0 atom stereocenters. The number of nitrogens with zero attached hydrogens (tertiary/aromatic N) is 2. The Kier molecular flexibility index (Phi) is 2.98. The Labute approximate surface area is 77.3 Å². The van der Waals surface area contributed by atoms with Gasteiger partial charge in [-0.3, -0.25) is 10.3 Å². The smallest absolute Gasteiger partial charge is 0.412 e. The van der Waals surface area contributed by atoms with E-state index in [0.29, 0.717) is 10.4 Å². The van der Waals surface area contributed by atoms with Crippen LogP contribution in [-0.4, -0.2) is 23.2 Å². The molecule has 0 aliphatic carbocycles. The lowest BCUT2D eigenvalue weighted by atomic mass is 10.6. The van der Waals surface area contributed by atoms with E-state index >= 15 is 0 Å². The molecule has 0 spiro atoms. The highest BCUT2D eigenvalue weighted by Crippen LogP contribution is 2.07. The molecule has 0 saturated heterocycles. The molecule has 0 bridgehead atoms. The van der Waals surface area contributed by atoms with Gasteiger partial charge in [-0.1, -0.05) is 0 Å². The fraction of sp³-hybridized carbons (Fsp3) is 0.167. The van der Waals surface area contributed by atoms with Gasteiger partial charge in [-0.2, -0.15) is 0 Å². The number of amides is 1. The van der Waals surface area contributed by atoms with Crippen LogP contribution in [0.25, 0.3) is 0 Å². The molecule has 1 aromatic rings. The highest BCUT2D eigenvalue weighted by atomic mass is 79.9. The summed E-state index contributed by atoms with van der Waals surface area (Å²) in [7, 11) is 1.28. The van der Waals surface area contributed by atoms with Crippen LogP contribution in [0.15, 0.2) is 17.0 Å². The van der Waals surface area contributed by atoms with Crippen LogP contribution in [0, 0.1) is 0 Å². The quantitative estimate of drug-likeness (QED) is 0.795. The number of aromatic nitrogens is 2. The molecule has 0 unspecified atom stereocenters. The van der Waals surface area contributed by atoms with Gasteiger partial charge in [0.2, 0.25) is 0 Å². The van der Waals surface area contributed by atoms with E-state index in [9.17, 15) is 4.79 Å². The third-order valence-electron chi connectivity index (χ3n) is 1.02. The minimum absolute atomic E-state index is 0.344. The van der Waals surface area contributed by atoms with Gasteiger partial charge in [0.15, 0.2) is 5.82 Å². The van der Waals surface area contributed by atoms with Crippen molar-refractivity contribution in [1.29, 1.82) is 0 Å². The number of hydrogen-bond acceptors (Lipinski definition) is 4. The molecule has 1 amide bonds. The molecule has 1 rings (SSSR count). The molecule has 0 aromatic carbocycles. The van der Waals surface area contributed by atoms with Gasteiger partial charge in [0.25, 0.3) is 0 Å². The summed E-state index contributed by atoms with van der Waals surface area (Å²) in [5.41, 5.74) is 0. The highest BCUT2D eigenvalue weighted by molar-refractivity contribution is 9.10. The average Bonchev–Trinajstić information content (AvgIpc) is 2.04. The van der Waals surface area contributed by atoms with E-state index in [1.807, 2.05) is 0 Å². The lowest BCUT2D eigenvalue weighted by Crippen LogP contribution is -2.12. The number of nitrogens with one attached hydrogen (secondary N) is 1. The van der Waals surface area contributed by atoms with Gasteiger partial charge in [0.05, 0.1) is 19.5 Å². The summed E-state index contributed by atoms with van der Waals surface area (Å²) in [4.78, 5) is 18.4. The lowest BCUT2D eigenvalue weighted by molar-refractivity contribution is 0.187. The van der Waals surface area contributed by atoms with Crippen LogP contribution in [-0.2, 0) is 4.74 Å². The molecule has 1 aromatic heterocycles. The predicted octanol–water partition coefficient (Wildman–Crippen LogP) is 1.42. The van der Waals surface area contributed by atoms with E-state index in [1.165, 1.54) is 19.5 Å². The summed E-state index contributed by atoms with van der Waals surface area (Å²) in [6.07, 6.45) is 2.37. The highest BCUT2D eigenvalue weighted by Gasteiger charge is 2.01. The van der Waals surface area contributed by atoms with Crippen molar-refractivity contribution in [1.82, 2.24) is 9.97 Å². The molecule has 1 N–H and O–H groups in total. The molecular weight excluding hydrogens is 226 g/mol. The maximum Gasteiger partial charge on any atom is 0.412 e. The van der Waals surface area contributed by atoms with Crippen molar-refractivity contribution in [2.45, 2.75) is 0 Å². The number of hydrogen-bond donors (Lipinski definition) is 1. The minimum Gasteiger partial charge on any atom is -0.453 e. The molecular formula is C6H6BrN3O2. The van der Waals surface area contributed by atoms with Crippen molar-refractivity contribution in [3.63, 3.8) is 0 Å². The number of rotatable bonds is 1. The largest absolute Gasteiger partial charge is 0.453 e. The van der Waals surface area contributed by atoms with Crippen molar-refractivity contribution in [3.05, 3.63) is 17.0 Å². The first kappa shape index (κ1) is 8.92. The Bertz CT molecular complexity index is 292. The maximum absolute atomic E-state index is 10.7. The van der Waals surface area contributed by atoms with Crippen molar-refractivity contribution >= 4 is 27.8 Å². The van der Waals surface area contributed by atoms with Gasteiger partial charge in [0.1, 0.15) is 4.60 Å². The van der Waals surface area contributed by atoms with Crippen LogP contribution in [0.4, 0.5) is 10.6 Å². The second kappa shape index (κ2) is 4.01. The lowest BCUT2D eigenvalue weighted by Gasteiger charge is -2.00. The molecule has 0 aliphatic rings. The molecule has 6 heteroatoms. The SMILES string of the molecule is COC(=O)Nc1cncc(Br)n1. The van der Waals surface area contributed by atoms with Gasteiger partial charge in [0, 0.05) is 0 Å². The van der Waals surface area contributed by atoms with E-state index in [1.54, 1.807) is 0 Å². The number of halogens is 1. The van der Waals surface area contributed by atoms with E-state index < -0.39 is 6.09 Å². The van der Waals surface area contributed by atoms with E-state index in [2.05, 4.69) is 36.0 Å². The van der Waals surface area contributed by atoms with Gasteiger partial charge in [-0.15, -0.1) is 0 Å². The number of methoxy groups -OCH3 is 1. The van der Waals surface area contributed by atoms with E-state index in [-0.39, 0.29) is 0 Å². The third kappa shape index (κ3) is 2.46. The summed E-state index contributed by atoms with van der Waals surface area (Å²) in [5, 5.41) is 2.37. The Hall–Kier alpha value is -1.17. The topological polar surface area (TPSA) is 64.1 Å². The van der Waals surface area contributed by atoms with Gasteiger partial charge < -0.3 is 4.74 Å². The van der Waals surface area contributed by atoms with Crippen LogP contribution < -0.4 is 5.32 Å². The molecule has 0 radical (unpaired) electrons. The maximum atomic E-state index is 10.7. The van der Waals surface area contributed by atoms with Crippen molar-refractivity contribution in [3.8, 4) is 0 Å². The number of carbonyl (C=O) groups is 1. The zero-order valence-electron chi connectivity index (χ0n) is 6.24. The summed E-state index contributed by atoms with van der Waals surface area (Å²) in [6.45, 7) is 0. The van der Waals surface area contributed by atoms with Crippen LogP contribution in [0.1, 0.15) is 0 Å². The molecule has 64 valence electrons. The first-order valence-electron chi connectivity index (χ1n) is 3.05. The van der Waals surface area contributed by atoms with Crippen LogP contribution in [0.5, 0.6) is 0 Å². The molecule has 0 saturated carbocycles. The summed E-state index contributed by atoms with van der Waals surface area (Å²) >= 11 is 3.11. The molecule has 5 nitrogen and oxygen atoms in total. The fourth-order valence-electron chi connectivity index (χ4n) is 0.558. The van der Waals surface area contributed by atoms with Crippen LogP contribution in [0.3, 0.4) is 0 Å². The van der Waals surface area contributed by atoms with Gasteiger partial charge >= 0.3 is 6.09 Å². The zero-order chi connectivity index (χ0) is 8.97.